The number of esters is 1. The van der Waals surface area contributed by atoms with Gasteiger partial charge in [-0.1, -0.05) is 63.5 Å². The first kappa shape index (κ1) is 17.9. The maximum Gasteiger partial charge on any atom is 0.324 e. The second-order valence-electron chi connectivity index (χ2n) is 7.12. The molecule has 27 heavy (non-hydrogen) atoms. The zero-order chi connectivity index (χ0) is 19.6. The summed E-state index contributed by atoms with van der Waals surface area (Å²) in [4.78, 5) is 40.5. The van der Waals surface area contributed by atoms with Gasteiger partial charge in [0, 0.05) is 0 Å². The van der Waals surface area contributed by atoms with Crippen LogP contribution in [0.5, 0.6) is 0 Å². The summed E-state index contributed by atoms with van der Waals surface area (Å²) < 4.78 is 3.55. The SMILES string of the molecule is COC(=O)[C@]1(Br)[C@H]2C(=O)N(c3ccc(C)cc3)C(=O)[C@@]21c1ccc(C)cc1. The minimum atomic E-state index is -1.38. The standard InChI is InChI=1S/C21H18BrNO4/c1-12-4-8-14(9-5-12)20-16(21(20,22)19(26)27-3)17(24)23(18(20)25)15-10-6-13(2)7-11-15/h4-11,16H,1-3H3/t16-,20+,21+/m0/s1. The second-order valence-corrected chi connectivity index (χ2v) is 8.38. The highest BCUT2D eigenvalue weighted by Gasteiger charge is 2.92. The molecule has 3 atom stereocenters. The minimum absolute atomic E-state index is 0.397. The predicted molar refractivity (Wildman–Crippen MR) is 104 cm³/mol. The number of ether oxygens (including phenoxy) is 1. The van der Waals surface area contributed by atoms with Crippen molar-refractivity contribution >= 4 is 39.4 Å². The van der Waals surface area contributed by atoms with Gasteiger partial charge in [-0.05, 0) is 31.5 Å². The first-order valence-electron chi connectivity index (χ1n) is 8.59. The lowest BCUT2D eigenvalue weighted by atomic mass is 9.91. The Kier molecular flexibility index (Phi) is 3.82. The highest BCUT2D eigenvalue weighted by molar-refractivity contribution is 9.10. The molecule has 138 valence electrons. The summed E-state index contributed by atoms with van der Waals surface area (Å²) in [5.41, 5.74) is 1.90. The molecule has 4 rings (SSSR count). The van der Waals surface area contributed by atoms with Crippen LogP contribution in [0.4, 0.5) is 5.69 Å². The van der Waals surface area contributed by atoms with Crippen LogP contribution in [-0.2, 0) is 24.5 Å². The van der Waals surface area contributed by atoms with Crippen LogP contribution in [0.3, 0.4) is 0 Å². The fraction of sp³-hybridized carbons (Fsp3) is 0.286. The number of hydrogen-bond donors (Lipinski definition) is 0. The number of hydrogen-bond acceptors (Lipinski definition) is 4. The number of aryl methyl sites for hydroxylation is 2. The Morgan fingerprint density at radius 3 is 2.04 bits per heavy atom. The number of nitrogens with zero attached hydrogens (tertiary/aromatic N) is 1. The van der Waals surface area contributed by atoms with E-state index in [0.717, 1.165) is 11.1 Å². The van der Waals surface area contributed by atoms with Gasteiger partial charge in [0.1, 0.15) is 5.41 Å². The summed E-state index contributed by atoms with van der Waals surface area (Å²) in [6.45, 7) is 3.87. The molecule has 0 aromatic heterocycles. The molecule has 6 heteroatoms. The Balaban J connectivity index is 1.87. The lowest BCUT2D eigenvalue weighted by Gasteiger charge is -2.25. The van der Waals surface area contributed by atoms with E-state index in [1.807, 2.05) is 38.1 Å². The van der Waals surface area contributed by atoms with Crippen LogP contribution in [0.15, 0.2) is 48.5 Å². The highest BCUT2D eigenvalue weighted by Crippen LogP contribution is 2.73. The van der Waals surface area contributed by atoms with Gasteiger partial charge in [-0.3, -0.25) is 14.4 Å². The molecule has 2 amide bonds. The zero-order valence-electron chi connectivity index (χ0n) is 15.2. The number of halogens is 1. The van der Waals surface area contributed by atoms with Gasteiger partial charge in [-0.25, -0.2) is 4.90 Å². The number of fused-ring (bicyclic) bond motifs is 1. The van der Waals surface area contributed by atoms with Crippen LogP contribution in [-0.4, -0.2) is 29.2 Å². The Bertz CT molecular complexity index is 969. The number of amides is 2. The number of rotatable bonds is 3. The normalized spacial score (nSPS) is 28.9. The number of alkyl halides is 1. The van der Waals surface area contributed by atoms with Crippen molar-refractivity contribution in [3.05, 3.63) is 65.2 Å². The highest BCUT2D eigenvalue weighted by atomic mass is 79.9. The van der Waals surface area contributed by atoms with Crippen LogP contribution in [0, 0.1) is 19.8 Å². The second kappa shape index (κ2) is 5.76. The Morgan fingerprint density at radius 2 is 1.52 bits per heavy atom. The lowest BCUT2D eigenvalue weighted by molar-refractivity contribution is -0.143. The lowest BCUT2D eigenvalue weighted by Crippen LogP contribution is -2.46. The maximum absolute atomic E-state index is 13.6. The zero-order valence-corrected chi connectivity index (χ0v) is 16.7. The molecule has 0 bridgehead atoms. The summed E-state index contributed by atoms with van der Waals surface area (Å²) in [5, 5.41) is 0. The van der Waals surface area contributed by atoms with Gasteiger partial charge in [-0.2, -0.15) is 0 Å². The number of anilines is 1. The summed E-state index contributed by atoms with van der Waals surface area (Å²) >= 11 is 3.42. The molecule has 2 aliphatic rings. The number of benzene rings is 2. The molecular formula is C21H18BrNO4. The van der Waals surface area contributed by atoms with Gasteiger partial charge in [0.2, 0.25) is 11.8 Å². The molecule has 1 heterocycles. The van der Waals surface area contributed by atoms with Crippen LogP contribution in [0.25, 0.3) is 0 Å². The Morgan fingerprint density at radius 1 is 1.00 bits per heavy atom. The van der Waals surface area contributed by atoms with Gasteiger partial charge in [-0.15, -0.1) is 0 Å². The summed E-state index contributed by atoms with van der Waals surface area (Å²) in [6, 6.07) is 14.5. The first-order chi connectivity index (χ1) is 12.8. The topological polar surface area (TPSA) is 63.7 Å². The average molecular weight is 428 g/mol. The van der Waals surface area contributed by atoms with Crippen LogP contribution in [0.1, 0.15) is 16.7 Å². The average Bonchev–Trinajstić information content (AvgIpc) is 3.15. The van der Waals surface area contributed by atoms with E-state index in [0.29, 0.717) is 11.3 Å². The molecule has 1 saturated heterocycles. The first-order valence-corrected chi connectivity index (χ1v) is 9.39. The van der Waals surface area contributed by atoms with Crippen LogP contribution >= 0.6 is 15.9 Å². The van der Waals surface area contributed by atoms with E-state index < -0.39 is 33.4 Å². The number of carbonyl (C=O) groups excluding carboxylic acids is 3. The third kappa shape index (κ3) is 2.07. The van der Waals surface area contributed by atoms with Crippen molar-refractivity contribution < 1.29 is 19.1 Å². The third-order valence-electron chi connectivity index (χ3n) is 5.61. The monoisotopic (exact) mass is 427 g/mol. The predicted octanol–water partition coefficient (Wildman–Crippen LogP) is 3.05. The smallest absolute Gasteiger partial charge is 0.324 e. The van der Waals surface area contributed by atoms with E-state index in [-0.39, 0.29) is 0 Å². The van der Waals surface area contributed by atoms with E-state index >= 15 is 0 Å². The van der Waals surface area contributed by atoms with Crippen molar-refractivity contribution in [1.82, 2.24) is 0 Å². The number of piperidine rings is 1. The minimum Gasteiger partial charge on any atom is -0.468 e. The Hall–Kier alpha value is -2.47. The molecule has 2 aromatic carbocycles. The van der Waals surface area contributed by atoms with Gasteiger partial charge in [0.05, 0.1) is 18.7 Å². The van der Waals surface area contributed by atoms with E-state index in [2.05, 4.69) is 15.9 Å². The van der Waals surface area contributed by atoms with Crippen molar-refractivity contribution in [2.75, 3.05) is 12.0 Å². The van der Waals surface area contributed by atoms with E-state index in [1.165, 1.54) is 12.0 Å². The Labute approximate surface area is 165 Å². The van der Waals surface area contributed by atoms with Gasteiger partial charge < -0.3 is 4.74 Å². The molecule has 1 aliphatic carbocycles. The third-order valence-corrected chi connectivity index (χ3v) is 7.02. The van der Waals surface area contributed by atoms with E-state index in [4.69, 9.17) is 4.74 Å². The number of methoxy groups -OCH3 is 1. The fourth-order valence-electron chi connectivity index (χ4n) is 4.16. The summed E-state index contributed by atoms with van der Waals surface area (Å²) in [5.74, 6) is -2.26. The largest absolute Gasteiger partial charge is 0.468 e. The summed E-state index contributed by atoms with van der Waals surface area (Å²) in [6.07, 6.45) is 0. The molecule has 5 nitrogen and oxygen atoms in total. The molecule has 0 radical (unpaired) electrons. The molecule has 2 fully saturated rings. The van der Waals surface area contributed by atoms with Gasteiger partial charge >= 0.3 is 5.97 Å². The molecule has 1 aliphatic heterocycles. The summed E-state index contributed by atoms with van der Waals surface area (Å²) in [7, 11) is 1.26. The molecule has 1 saturated carbocycles. The number of carbonyl (C=O) groups is 3. The molecule has 2 aromatic rings. The molecular weight excluding hydrogens is 410 g/mol. The van der Waals surface area contributed by atoms with Crippen LogP contribution in [0.2, 0.25) is 0 Å². The van der Waals surface area contributed by atoms with Crippen molar-refractivity contribution in [2.24, 2.45) is 5.92 Å². The molecule has 0 spiro atoms. The fourth-order valence-corrected chi connectivity index (χ4v) is 5.38. The van der Waals surface area contributed by atoms with Crippen molar-refractivity contribution in [3.8, 4) is 0 Å². The van der Waals surface area contributed by atoms with Crippen molar-refractivity contribution in [3.63, 3.8) is 0 Å². The van der Waals surface area contributed by atoms with E-state index in [9.17, 15) is 14.4 Å². The van der Waals surface area contributed by atoms with Crippen molar-refractivity contribution in [2.45, 2.75) is 23.6 Å². The van der Waals surface area contributed by atoms with E-state index in [1.54, 1.807) is 24.3 Å². The van der Waals surface area contributed by atoms with Gasteiger partial charge in [0.15, 0.2) is 4.32 Å². The van der Waals surface area contributed by atoms with Crippen molar-refractivity contribution in [1.29, 1.82) is 0 Å². The quantitative estimate of drug-likeness (QED) is 0.428. The van der Waals surface area contributed by atoms with Gasteiger partial charge in [0.25, 0.3) is 0 Å². The molecule has 0 unspecified atom stereocenters. The number of imide groups is 1. The molecule has 0 N–H and O–H groups in total. The van der Waals surface area contributed by atoms with Crippen LogP contribution < -0.4 is 4.90 Å². The maximum atomic E-state index is 13.6.